The fourth-order valence-electron chi connectivity index (χ4n) is 2.54. The average Bonchev–Trinajstić information content (AvgIpc) is 2.97. The molecule has 0 radical (unpaired) electrons. The summed E-state index contributed by atoms with van der Waals surface area (Å²) in [7, 11) is 0. The van der Waals surface area contributed by atoms with Crippen molar-refractivity contribution in [1.29, 1.82) is 0 Å². The predicted octanol–water partition coefficient (Wildman–Crippen LogP) is 1.94. The molecule has 1 amide bonds. The van der Waals surface area contributed by atoms with E-state index in [1.165, 1.54) is 0 Å². The van der Waals surface area contributed by atoms with E-state index in [1.807, 2.05) is 25.7 Å². The zero-order chi connectivity index (χ0) is 14.3. The first kappa shape index (κ1) is 13.5. The van der Waals surface area contributed by atoms with Gasteiger partial charge in [-0.2, -0.15) is 9.61 Å². The minimum absolute atomic E-state index is 0.245. The maximum Gasteiger partial charge on any atom is 0.234 e. The van der Waals surface area contributed by atoms with Crippen LogP contribution < -0.4 is 0 Å². The molecule has 1 aliphatic rings. The van der Waals surface area contributed by atoms with Crippen LogP contribution in [0.25, 0.3) is 4.96 Å². The Morgan fingerprint density at radius 2 is 2.05 bits per heavy atom. The number of carbonyl (C=O) groups excluding carboxylic acids is 1. The largest absolute Gasteiger partial charge is 0.342 e. The van der Waals surface area contributed by atoms with Gasteiger partial charge in [0.15, 0.2) is 0 Å². The van der Waals surface area contributed by atoms with Gasteiger partial charge >= 0.3 is 0 Å². The van der Waals surface area contributed by atoms with Crippen LogP contribution in [0.1, 0.15) is 44.5 Å². The van der Waals surface area contributed by atoms with Crippen LogP contribution in [0.5, 0.6) is 0 Å². The number of hydrogen-bond acceptors (Lipinski definition) is 5. The SMILES string of the molecule is CC(C)(C)C(=O)N1CCC(c2nn3cnnc3s2)CC1. The Balaban J connectivity index is 1.66. The zero-order valence-electron chi connectivity index (χ0n) is 12.0. The van der Waals surface area contributed by atoms with E-state index in [0.29, 0.717) is 5.92 Å². The highest BCUT2D eigenvalue weighted by Crippen LogP contribution is 2.32. The first-order valence-corrected chi connectivity index (χ1v) is 7.73. The maximum atomic E-state index is 12.3. The summed E-state index contributed by atoms with van der Waals surface area (Å²) in [5.41, 5.74) is -0.291. The van der Waals surface area contributed by atoms with Gasteiger partial charge in [0.05, 0.1) is 0 Å². The van der Waals surface area contributed by atoms with E-state index in [1.54, 1.807) is 22.2 Å². The molecule has 0 aliphatic carbocycles. The van der Waals surface area contributed by atoms with Gasteiger partial charge < -0.3 is 4.90 Å². The lowest BCUT2D eigenvalue weighted by atomic mass is 9.91. The highest BCUT2D eigenvalue weighted by molar-refractivity contribution is 7.16. The number of aromatic nitrogens is 4. The molecule has 2 aromatic heterocycles. The molecule has 1 saturated heterocycles. The molecule has 108 valence electrons. The molecular formula is C13H19N5OS. The lowest BCUT2D eigenvalue weighted by Crippen LogP contribution is -2.43. The van der Waals surface area contributed by atoms with Crippen molar-refractivity contribution in [3.8, 4) is 0 Å². The lowest BCUT2D eigenvalue weighted by Gasteiger charge is -2.35. The van der Waals surface area contributed by atoms with Gasteiger partial charge in [-0.1, -0.05) is 32.1 Å². The van der Waals surface area contributed by atoms with Gasteiger partial charge in [0.2, 0.25) is 10.9 Å². The minimum Gasteiger partial charge on any atom is -0.342 e. The fourth-order valence-corrected chi connectivity index (χ4v) is 3.53. The van der Waals surface area contributed by atoms with Gasteiger partial charge in [-0.05, 0) is 12.8 Å². The topological polar surface area (TPSA) is 63.4 Å². The van der Waals surface area contributed by atoms with E-state index in [-0.39, 0.29) is 11.3 Å². The molecule has 6 nitrogen and oxygen atoms in total. The van der Waals surface area contributed by atoms with Crippen LogP contribution in [0.2, 0.25) is 0 Å². The molecule has 3 rings (SSSR count). The van der Waals surface area contributed by atoms with Gasteiger partial charge in [0.1, 0.15) is 11.3 Å². The smallest absolute Gasteiger partial charge is 0.234 e. The Morgan fingerprint density at radius 3 is 2.65 bits per heavy atom. The van der Waals surface area contributed by atoms with E-state index >= 15 is 0 Å². The number of likely N-dealkylation sites (tertiary alicyclic amines) is 1. The quantitative estimate of drug-likeness (QED) is 0.806. The number of piperidine rings is 1. The van der Waals surface area contributed by atoms with Crippen LogP contribution in [0.4, 0.5) is 0 Å². The maximum absolute atomic E-state index is 12.3. The second kappa shape index (κ2) is 4.80. The van der Waals surface area contributed by atoms with E-state index in [2.05, 4.69) is 15.3 Å². The van der Waals surface area contributed by atoms with Crippen LogP contribution in [-0.4, -0.2) is 43.7 Å². The second-order valence-electron chi connectivity index (χ2n) is 6.31. The third-order valence-electron chi connectivity index (χ3n) is 3.68. The highest BCUT2D eigenvalue weighted by atomic mass is 32.1. The van der Waals surface area contributed by atoms with Crippen LogP contribution in [0.15, 0.2) is 6.33 Å². The fraction of sp³-hybridized carbons (Fsp3) is 0.692. The molecule has 0 bridgehead atoms. The van der Waals surface area contributed by atoms with Crippen molar-refractivity contribution in [1.82, 2.24) is 24.7 Å². The summed E-state index contributed by atoms with van der Waals surface area (Å²) in [4.78, 5) is 15.1. The Kier molecular flexibility index (Phi) is 3.24. The molecule has 0 saturated carbocycles. The molecular weight excluding hydrogens is 274 g/mol. The summed E-state index contributed by atoms with van der Waals surface area (Å²) in [5, 5.41) is 13.5. The van der Waals surface area contributed by atoms with Crippen molar-refractivity contribution in [3.63, 3.8) is 0 Å². The minimum atomic E-state index is -0.291. The monoisotopic (exact) mass is 293 g/mol. The Labute approximate surface area is 121 Å². The third-order valence-corrected chi connectivity index (χ3v) is 4.75. The average molecular weight is 293 g/mol. The van der Waals surface area contributed by atoms with E-state index in [9.17, 15) is 4.79 Å². The summed E-state index contributed by atoms with van der Waals surface area (Å²) in [6, 6.07) is 0. The predicted molar refractivity (Wildman–Crippen MR) is 76.7 cm³/mol. The molecule has 0 unspecified atom stereocenters. The van der Waals surface area contributed by atoms with E-state index < -0.39 is 0 Å². The van der Waals surface area contributed by atoms with Gasteiger partial charge in [0.25, 0.3) is 0 Å². The Bertz CT molecular complexity index is 590. The molecule has 3 heterocycles. The van der Waals surface area contributed by atoms with E-state index in [0.717, 1.165) is 35.9 Å². The number of carbonyl (C=O) groups is 1. The van der Waals surface area contributed by atoms with Gasteiger partial charge in [0, 0.05) is 24.4 Å². The van der Waals surface area contributed by atoms with E-state index in [4.69, 9.17) is 0 Å². The van der Waals surface area contributed by atoms with Crippen LogP contribution in [-0.2, 0) is 4.79 Å². The first-order valence-electron chi connectivity index (χ1n) is 6.91. The lowest BCUT2D eigenvalue weighted by molar-refractivity contribution is -0.140. The molecule has 1 fully saturated rings. The molecule has 7 heteroatoms. The molecule has 1 aliphatic heterocycles. The molecule has 0 spiro atoms. The van der Waals surface area contributed by atoms with Crippen molar-refractivity contribution in [2.24, 2.45) is 5.41 Å². The van der Waals surface area contributed by atoms with Gasteiger partial charge in [-0.3, -0.25) is 4.79 Å². The normalized spacial score (nSPS) is 17.9. The molecule has 0 aromatic carbocycles. The number of rotatable bonds is 1. The molecule has 0 N–H and O–H groups in total. The van der Waals surface area contributed by atoms with Crippen molar-refractivity contribution in [2.75, 3.05) is 13.1 Å². The summed E-state index contributed by atoms with van der Waals surface area (Å²) < 4.78 is 1.73. The Morgan fingerprint density at radius 1 is 1.35 bits per heavy atom. The van der Waals surface area contributed by atoms with Gasteiger partial charge in [-0.15, -0.1) is 10.2 Å². The van der Waals surface area contributed by atoms with Crippen LogP contribution in [0.3, 0.4) is 0 Å². The first-order chi connectivity index (χ1) is 9.45. The van der Waals surface area contributed by atoms with Crippen molar-refractivity contribution < 1.29 is 4.79 Å². The summed E-state index contributed by atoms with van der Waals surface area (Å²) in [5.74, 6) is 0.680. The number of fused-ring (bicyclic) bond motifs is 1. The summed E-state index contributed by atoms with van der Waals surface area (Å²) in [6.07, 6.45) is 3.59. The van der Waals surface area contributed by atoms with Gasteiger partial charge in [-0.25, -0.2) is 0 Å². The number of hydrogen-bond donors (Lipinski definition) is 0. The summed E-state index contributed by atoms with van der Waals surface area (Å²) in [6.45, 7) is 7.57. The molecule has 0 atom stereocenters. The second-order valence-corrected chi connectivity index (χ2v) is 7.30. The molecule has 20 heavy (non-hydrogen) atoms. The third kappa shape index (κ3) is 2.42. The Hall–Kier alpha value is -1.50. The van der Waals surface area contributed by atoms with Crippen molar-refractivity contribution in [3.05, 3.63) is 11.3 Å². The number of nitrogens with zero attached hydrogens (tertiary/aromatic N) is 5. The van der Waals surface area contributed by atoms with Crippen molar-refractivity contribution in [2.45, 2.75) is 39.5 Å². The molecule has 2 aromatic rings. The number of amides is 1. The standard InChI is InChI=1S/C13H19N5OS/c1-13(2,3)11(19)17-6-4-9(5-7-17)10-16-18-8-14-15-12(18)20-10/h8-9H,4-7H2,1-3H3. The van der Waals surface area contributed by atoms with Crippen LogP contribution >= 0.6 is 11.3 Å². The zero-order valence-corrected chi connectivity index (χ0v) is 12.9. The van der Waals surface area contributed by atoms with Crippen LogP contribution in [0, 0.1) is 5.41 Å². The summed E-state index contributed by atoms with van der Waals surface area (Å²) >= 11 is 1.60. The highest BCUT2D eigenvalue weighted by Gasteiger charge is 2.31. The van der Waals surface area contributed by atoms with Crippen molar-refractivity contribution >= 4 is 22.2 Å².